The van der Waals surface area contributed by atoms with E-state index in [9.17, 15) is 13.6 Å². The summed E-state index contributed by atoms with van der Waals surface area (Å²) in [6.45, 7) is 3.12. The molecule has 2 heterocycles. The Balaban J connectivity index is 1.60. The highest BCUT2D eigenvalue weighted by molar-refractivity contribution is 5.94. The Hall–Kier alpha value is -4.03. The van der Waals surface area contributed by atoms with E-state index >= 15 is 0 Å². The van der Waals surface area contributed by atoms with Gasteiger partial charge in [-0.25, -0.2) is 8.78 Å². The van der Waals surface area contributed by atoms with Crippen LogP contribution in [-0.4, -0.2) is 42.1 Å². The largest absolute Gasteiger partial charge is 0.436 e. The van der Waals surface area contributed by atoms with Gasteiger partial charge in [0.1, 0.15) is 11.5 Å². The van der Waals surface area contributed by atoms with Crippen molar-refractivity contribution in [1.29, 1.82) is 5.26 Å². The highest BCUT2D eigenvalue weighted by Crippen LogP contribution is 2.33. The molecule has 0 N–H and O–H groups in total. The van der Waals surface area contributed by atoms with Crippen LogP contribution in [-0.2, 0) is 4.74 Å². The molecule has 2 aromatic carbocycles. The van der Waals surface area contributed by atoms with E-state index < -0.39 is 23.4 Å². The number of carbonyl (C=O) groups is 1. The fourth-order valence-corrected chi connectivity index (χ4v) is 3.24. The highest BCUT2D eigenvalue weighted by Gasteiger charge is 2.22. The van der Waals surface area contributed by atoms with Gasteiger partial charge >= 0.3 is 0 Å². The summed E-state index contributed by atoms with van der Waals surface area (Å²) in [5.74, 6) is -2.86. The van der Waals surface area contributed by atoms with Crippen molar-refractivity contribution in [3.8, 4) is 29.3 Å². The van der Waals surface area contributed by atoms with Crippen LogP contribution < -0.4 is 9.47 Å². The fourth-order valence-electron chi connectivity index (χ4n) is 3.24. The molecule has 9 heteroatoms. The zero-order valence-corrected chi connectivity index (χ0v) is 17.7. The summed E-state index contributed by atoms with van der Waals surface area (Å²) in [6.07, 6.45) is 0. The number of aromatic nitrogens is 1. The molecule has 33 heavy (non-hydrogen) atoms. The van der Waals surface area contributed by atoms with E-state index in [1.165, 1.54) is 31.2 Å². The maximum Gasteiger partial charge on any atom is 0.259 e. The number of amides is 1. The zero-order valence-electron chi connectivity index (χ0n) is 17.7. The van der Waals surface area contributed by atoms with Crippen molar-refractivity contribution in [2.45, 2.75) is 6.92 Å². The summed E-state index contributed by atoms with van der Waals surface area (Å²) in [4.78, 5) is 18.2. The van der Waals surface area contributed by atoms with Gasteiger partial charge in [-0.2, -0.15) is 10.2 Å². The molecular weight excluding hydrogens is 432 g/mol. The minimum atomic E-state index is -0.990. The molecule has 1 aliphatic rings. The second-order valence-electron chi connectivity index (χ2n) is 7.25. The number of benzene rings is 2. The minimum absolute atomic E-state index is 0.156. The Labute approximate surface area is 188 Å². The van der Waals surface area contributed by atoms with E-state index in [0.29, 0.717) is 37.4 Å². The van der Waals surface area contributed by atoms with Crippen LogP contribution in [0.25, 0.3) is 0 Å². The first kappa shape index (κ1) is 22.2. The van der Waals surface area contributed by atoms with Crippen LogP contribution in [0, 0.1) is 29.9 Å². The first-order valence-corrected chi connectivity index (χ1v) is 10.1. The number of carbonyl (C=O) groups excluding carboxylic acids is 1. The fraction of sp³-hybridized carbons (Fsp3) is 0.208. The molecule has 0 aliphatic carbocycles. The number of nitriles is 1. The highest BCUT2D eigenvalue weighted by atomic mass is 19.1. The minimum Gasteiger partial charge on any atom is -0.436 e. The van der Waals surface area contributed by atoms with Crippen LogP contribution in [0.5, 0.6) is 23.3 Å². The van der Waals surface area contributed by atoms with Crippen LogP contribution >= 0.6 is 0 Å². The molecule has 0 saturated carbocycles. The van der Waals surface area contributed by atoms with Gasteiger partial charge in [-0.3, -0.25) is 4.79 Å². The number of rotatable bonds is 5. The third-order valence-corrected chi connectivity index (χ3v) is 5.01. The smallest absolute Gasteiger partial charge is 0.259 e. The Kier molecular flexibility index (Phi) is 6.47. The van der Waals surface area contributed by atoms with Gasteiger partial charge in [-0.15, -0.1) is 0 Å². The number of halogens is 2. The molecule has 0 radical (unpaired) electrons. The predicted molar refractivity (Wildman–Crippen MR) is 113 cm³/mol. The summed E-state index contributed by atoms with van der Waals surface area (Å²) in [7, 11) is 0. The second-order valence-corrected chi connectivity index (χ2v) is 7.25. The van der Waals surface area contributed by atoms with E-state index in [2.05, 4.69) is 4.98 Å². The first-order valence-electron chi connectivity index (χ1n) is 10.1. The number of nitrogens with zero attached hydrogens (tertiary/aromatic N) is 3. The van der Waals surface area contributed by atoms with E-state index in [1.54, 1.807) is 29.2 Å². The molecule has 0 spiro atoms. The van der Waals surface area contributed by atoms with Gasteiger partial charge in [0.05, 0.1) is 24.8 Å². The molecule has 3 aromatic rings. The van der Waals surface area contributed by atoms with Crippen molar-refractivity contribution in [2.75, 3.05) is 26.3 Å². The van der Waals surface area contributed by atoms with Crippen LogP contribution in [0.3, 0.4) is 0 Å². The van der Waals surface area contributed by atoms with Crippen LogP contribution in [0.1, 0.15) is 21.5 Å². The maximum atomic E-state index is 14.7. The summed E-state index contributed by atoms with van der Waals surface area (Å²) < 4.78 is 45.6. The van der Waals surface area contributed by atoms with E-state index in [-0.39, 0.29) is 23.0 Å². The van der Waals surface area contributed by atoms with Gasteiger partial charge < -0.3 is 19.1 Å². The van der Waals surface area contributed by atoms with Gasteiger partial charge in [0.25, 0.3) is 17.7 Å². The molecule has 0 unspecified atom stereocenters. The topological polar surface area (TPSA) is 84.7 Å². The lowest BCUT2D eigenvalue weighted by Gasteiger charge is -2.26. The number of pyridine rings is 1. The Morgan fingerprint density at radius 2 is 1.64 bits per heavy atom. The standard InChI is InChI=1S/C24H19F2N3O4/c1-15-20(25)22(32-18-6-2-4-16(12-18)14-27)28-23(21(15)26)33-19-7-3-5-17(13-19)24(30)29-8-10-31-11-9-29/h2-7,12-13H,8-11H2,1H3. The molecule has 1 saturated heterocycles. The van der Waals surface area contributed by atoms with E-state index in [1.807, 2.05) is 6.07 Å². The SMILES string of the molecule is Cc1c(F)c(Oc2cccc(C#N)c2)nc(Oc2cccc(C(=O)N3CCOCC3)c2)c1F. The lowest BCUT2D eigenvalue weighted by molar-refractivity contribution is 0.0302. The van der Waals surface area contributed by atoms with Crippen molar-refractivity contribution in [3.63, 3.8) is 0 Å². The Bertz CT molecular complexity index is 1240. The first-order chi connectivity index (χ1) is 16.0. The molecule has 1 aliphatic heterocycles. The van der Waals surface area contributed by atoms with Gasteiger partial charge in [0.2, 0.25) is 0 Å². The van der Waals surface area contributed by atoms with Crippen LogP contribution in [0.15, 0.2) is 48.5 Å². The monoisotopic (exact) mass is 451 g/mol. The molecule has 1 fully saturated rings. The normalized spacial score (nSPS) is 13.3. The average Bonchev–Trinajstić information content (AvgIpc) is 2.86. The molecule has 0 atom stereocenters. The quantitative estimate of drug-likeness (QED) is 0.564. The van der Waals surface area contributed by atoms with Crippen molar-refractivity contribution in [1.82, 2.24) is 9.88 Å². The van der Waals surface area contributed by atoms with Crippen molar-refractivity contribution < 1.29 is 27.8 Å². The van der Waals surface area contributed by atoms with Crippen LogP contribution in [0.2, 0.25) is 0 Å². The molecule has 1 aromatic heterocycles. The second kappa shape index (κ2) is 9.63. The van der Waals surface area contributed by atoms with Crippen molar-refractivity contribution in [2.24, 2.45) is 0 Å². The van der Waals surface area contributed by atoms with Gasteiger partial charge in [0, 0.05) is 24.2 Å². The summed E-state index contributed by atoms with van der Waals surface area (Å²) >= 11 is 0. The lowest BCUT2D eigenvalue weighted by atomic mass is 10.2. The predicted octanol–water partition coefficient (Wildman–Crippen LogP) is 4.60. The Morgan fingerprint density at radius 1 is 1.03 bits per heavy atom. The molecule has 4 rings (SSSR count). The third-order valence-electron chi connectivity index (χ3n) is 5.01. The summed E-state index contributed by atoms with van der Waals surface area (Å²) in [5.41, 5.74) is 0.329. The van der Waals surface area contributed by atoms with E-state index in [0.717, 1.165) is 0 Å². The molecule has 1 amide bonds. The number of morpholine rings is 1. The van der Waals surface area contributed by atoms with Crippen LogP contribution in [0.4, 0.5) is 8.78 Å². The summed E-state index contributed by atoms with van der Waals surface area (Å²) in [6, 6.07) is 14.2. The number of hydrogen-bond acceptors (Lipinski definition) is 6. The Morgan fingerprint density at radius 3 is 2.27 bits per heavy atom. The van der Waals surface area contributed by atoms with Gasteiger partial charge in [-0.1, -0.05) is 12.1 Å². The van der Waals surface area contributed by atoms with Crippen molar-refractivity contribution >= 4 is 5.91 Å². The van der Waals surface area contributed by atoms with Gasteiger partial charge in [-0.05, 0) is 43.3 Å². The third kappa shape index (κ3) is 4.91. The zero-order chi connectivity index (χ0) is 23.4. The van der Waals surface area contributed by atoms with Crippen molar-refractivity contribution in [3.05, 3.63) is 76.9 Å². The van der Waals surface area contributed by atoms with Gasteiger partial charge in [0.15, 0.2) is 11.6 Å². The number of hydrogen-bond donors (Lipinski definition) is 0. The molecule has 7 nitrogen and oxygen atoms in total. The average molecular weight is 451 g/mol. The number of ether oxygens (including phenoxy) is 3. The summed E-state index contributed by atoms with van der Waals surface area (Å²) in [5, 5.41) is 9.02. The molecular formula is C24H19F2N3O4. The van der Waals surface area contributed by atoms with E-state index in [4.69, 9.17) is 19.5 Å². The maximum absolute atomic E-state index is 14.7. The molecule has 168 valence electrons. The molecule has 0 bridgehead atoms. The lowest BCUT2D eigenvalue weighted by Crippen LogP contribution is -2.40.